The molecule has 148 valence electrons. The maximum absolute atomic E-state index is 7.94. The molecule has 0 fully saturated rings. The topological polar surface area (TPSA) is 26.0 Å². The van der Waals surface area contributed by atoms with Crippen LogP contribution in [0.25, 0.3) is 44.3 Å². The van der Waals surface area contributed by atoms with Gasteiger partial charge in [0.15, 0.2) is 0 Å². The van der Waals surface area contributed by atoms with Crippen LogP contribution in [0.1, 0.15) is 36.0 Å². The van der Waals surface area contributed by atoms with Crippen LogP contribution in [0.15, 0.2) is 83.4 Å². The second kappa shape index (κ2) is 6.84. The lowest BCUT2D eigenvalue weighted by Gasteiger charge is -2.22. The highest BCUT2D eigenvalue weighted by molar-refractivity contribution is 6.10. The van der Waals surface area contributed by atoms with Crippen LogP contribution in [0.5, 0.6) is 0 Å². The van der Waals surface area contributed by atoms with Gasteiger partial charge in [0.1, 0.15) is 11.2 Å². The van der Waals surface area contributed by atoms with Crippen molar-refractivity contribution in [2.75, 3.05) is 0 Å². The quantitative estimate of drug-likeness (QED) is 0.304. The van der Waals surface area contributed by atoms with Gasteiger partial charge in [0.25, 0.3) is 0 Å². The minimum Gasteiger partial charge on any atom is -0.455 e. The summed E-state index contributed by atoms with van der Waals surface area (Å²) < 4.78 is 30.2. The molecule has 0 saturated carbocycles. The van der Waals surface area contributed by atoms with Gasteiger partial charge in [-0.3, -0.25) is 4.98 Å². The lowest BCUT2D eigenvalue weighted by molar-refractivity contribution is 0.585. The average Bonchev–Trinajstić information content (AvgIpc) is 3.16. The molecule has 0 unspecified atom stereocenters. The highest BCUT2D eigenvalue weighted by Crippen LogP contribution is 2.38. The Morgan fingerprint density at radius 3 is 2.43 bits per heavy atom. The summed E-state index contributed by atoms with van der Waals surface area (Å²) in [5, 5.41) is 2.06. The van der Waals surface area contributed by atoms with Gasteiger partial charge in [-0.05, 0) is 58.8 Å². The molecule has 3 aromatic carbocycles. The number of para-hydroxylation sites is 1. The van der Waals surface area contributed by atoms with Gasteiger partial charge in [-0.15, -0.1) is 0 Å². The van der Waals surface area contributed by atoms with Crippen LogP contribution in [0.4, 0.5) is 0 Å². The maximum atomic E-state index is 7.94. The van der Waals surface area contributed by atoms with Crippen molar-refractivity contribution in [3.05, 3.63) is 90.1 Å². The van der Waals surface area contributed by atoms with Crippen molar-refractivity contribution in [3.8, 4) is 22.4 Å². The molecule has 0 amide bonds. The zero-order chi connectivity index (χ0) is 23.4. The van der Waals surface area contributed by atoms with E-state index in [9.17, 15) is 0 Å². The second-order valence-electron chi connectivity index (χ2n) is 8.73. The molecule has 0 bridgehead atoms. The van der Waals surface area contributed by atoms with Crippen LogP contribution in [0.3, 0.4) is 0 Å². The Bertz CT molecular complexity index is 1470. The number of hydrogen-bond acceptors (Lipinski definition) is 2. The van der Waals surface area contributed by atoms with Crippen LogP contribution in [0.2, 0.25) is 0 Å². The van der Waals surface area contributed by atoms with Crippen molar-refractivity contribution in [1.29, 1.82) is 0 Å². The molecule has 2 heterocycles. The number of benzene rings is 3. The number of fused-ring (bicyclic) bond motifs is 3. The summed E-state index contributed by atoms with van der Waals surface area (Å²) >= 11 is 0. The van der Waals surface area contributed by atoms with Crippen molar-refractivity contribution in [2.45, 2.75) is 33.0 Å². The summed E-state index contributed by atoms with van der Waals surface area (Å²) in [6.07, 6.45) is 1.50. The Morgan fingerprint density at radius 1 is 0.833 bits per heavy atom. The number of aryl methyl sites for hydroxylation is 1. The van der Waals surface area contributed by atoms with Crippen LogP contribution in [-0.4, -0.2) is 4.98 Å². The predicted molar refractivity (Wildman–Crippen MR) is 126 cm³/mol. The molecule has 2 nitrogen and oxygen atoms in total. The highest BCUT2D eigenvalue weighted by Gasteiger charge is 2.19. The van der Waals surface area contributed by atoms with Crippen molar-refractivity contribution >= 4 is 21.9 Å². The van der Waals surface area contributed by atoms with E-state index in [1.54, 1.807) is 0 Å². The summed E-state index contributed by atoms with van der Waals surface area (Å²) in [5.41, 5.74) is 6.09. The minimum absolute atomic E-state index is 0.294. The van der Waals surface area contributed by atoms with Crippen molar-refractivity contribution in [2.24, 2.45) is 0 Å². The molecule has 2 aromatic heterocycles. The molecule has 0 saturated heterocycles. The highest BCUT2D eigenvalue weighted by atomic mass is 16.3. The van der Waals surface area contributed by atoms with E-state index in [2.05, 4.69) is 35.3 Å². The minimum atomic E-state index is -2.21. The van der Waals surface area contributed by atoms with E-state index >= 15 is 0 Å². The van der Waals surface area contributed by atoms with E-state index in [-0.39, 0.29) is 5.41 Å². The number of aromatic nitrogens is 1. The summed E-state index contributed by atoms with van der Waals surface area (Å²) in [7, 11) is 0. The molecule has 0 radical (unpaired) electrons. The molecule has 0 aliphatic heterocycles. The molecule has 0 atom stereocenters. The van der Waals surface area contributed by atoms with E-state index in [1.807, 2.05) is 63.2 Å². The van der Waals surface area contributed by atoms with E-state index in [4.69, 9.17) is 8.53 Å². The molecule has 30 heavy (non-hydrogen) atoms. The first kappa shape index (κ1) is 15.4. The lowest BCUT2D eigenvalue weighted by Crippen LogP contribution is -2.13. The third kappa shape index (κ3) is 3.09. The zero-order valence-electron chi connectivity index (χ0n) is 20.4. The fourth-order valence-corrected chi connectivity index (χ4v) is 4.03. The number of nitrogens with zero attached hydrogens (tertiary/aromatic N) is 1. The molecule has 0 aliphatic rings. The fraction of sp³-hybridized carbons (Fsp3) is 0.179. The summed E-state index contributed by atoms with van der Waals surface area (Å²) in [5.74, 6) is 0. The van der Waals surface area contributed by atoms with Gasteiger partial charge in [-0.1, -0.05) is 69.3 Å². The summed E-state index contributed by atoms with van der Waals surface area (Å²) in [6.45, 7) is 3.85. The van der Waals surface area contributed by atoms with Crippen molar-refractivity contribution < 1.29 is 8.53 Å². The van der Waals surface area contributed by atoms with Gasteiger partial charge >= 0.3 is 0 Å². The summed E-state index contributed by atoms with van der Waals surface area (Å²) in [6, 6.07) is 24.4. The van der Waals surface area contributed by atoms with Crippen LogP contribution in [0, 0.1) is 6.85 Å². The third-order valence-corrected chi connectivity index (χ3v) is 5.59. The molecule has 0 spiro atoms. The lowest BCUT2D eigenvalue weighted by atomic mass is 9.84. The fourth-order valence-electron chi connectivity index (χ4n) is 4.03. The number of pyridine rings is 1. The van der Waals surface area contributed by atoms with Crippen LogP contribution >= 0.6 is 0 Å². The van der Waals surface area contributed by atoms with E-state index < -0.39 is 6.85 Å². The van der Waals surface area contributed by atoms with Gasteiger partial charge in [-0.25, -0.2) is 0 Å². The molecule has 5 rings (SSSR count). The van der Waals surface area contributed by atoms with E-state index in [1.165, 1.54) is 6.20 Å². The Kier molecular flexibility index (Phi) is 3.52. The van der Waals surface area contributed by atoms with Crippen molar-refractivity contribution in [3.63, 3.8) is 0 Å². The molecular formula is C28H25NO. The number of hydrogen-bond donors (Lipinski definition) is 0. The van der Waals surface area contributed by atoms with Gasteiger partial charge in [0, 0.05) is 26.6 Å². The summed E-state index contributed by atoms with van der Waals surface area (Å²) in [4.78, 5) is 4.56. The Hall–Kier alpha value is -3.39. The molecule has 5 aromatic rings. The molecule has 2 heteroatoms. The third-order valence-electron chi connectivity index (χ3n) is 5.59. The first-order valence-corrected chi connectivity index (χ1v) is 10.1. The SMILES string of the molecule is [2H]C([2H])([2H])c1cnc(-c2cccc3c2oc2cc(-c4ccccc4)ccc23)cc1C(C)(C)C. The van der Waals surface area contributed by atoms with E-state index in [0.29, 0.717) is 11.3 Å². The molecular weight excluding hydrogens is 366 g/mol. The van der Waals surface area contributed by atoms with Gasteiger partial charge in [-0.2, -0.15) is 0 Å². The zero-order valence-corrected chi connectivity index (χ0v) is 17.4. The van der Waals surface area contributed by atoms with Crippen LogP contribution < -0.4 is 0 Å². The Balaban J connectivity index is 1.71. The van der Waals surface area contributed by atoms with Crippen molar-refractivity contribution in [1.82, 2.24) is 4.98 Å². The smallest absolute Gasteiger partial charge is 0.144 e. The Morgan fingerprint density at radius 2 is 1.67 bits per heavy atom. The monoisotopic (exact) mass is 394 g/mol. The van der Waals surface area contributed by atoms with Crippen LogP contribution in [-0.2, 0) is 5.41 Å². The molecule has 0 aliphatic carbocycles. The maximum Gasteiger partial charge on any atom is 0.144 e. The normalized spacial score (nSPS) is 13.9. The van der Waals surface area contributed by atoms with Gasteiger partial charge in [0.2, 0.25) is 0 Å². The van der Waals surface area contributed by atoms with E-state index in [0.717, 1.165) is 44.2 Å². The first-order valence-electron chi connectivity index (χ1n) is 11.6. The first-order chi connectivity index (χ1) is 15.6. The standard InChI is InChI=1S/C28H25NO/c1-18-17-29-25(16-24(18)28(2,3)4)23-12-8-11-22-21-14-13-20(15-26(21)30-27(22)23)19-9-6-5-7-10-19/h5-17H,1-4H3/i1D3. The largest absolute Gasteiger partial charge is 0.455 e. The Labute approximate surface area is 181 Å². The number of furan rings is 1. The second-order valence-corrected chi connectivity index (χ2v) is 8.73. The predicted octanol–water partition coefficient (Wildman–Crippen LogP) is 7.92. The molecule has 0 N–H and O–H groups in total. The van der Waals surface area contributed by atoms with Gasteiger partial charge < -0.3 is 4.42 Å². The number of rotatable bonds is 2. The van der Waals surface area contributed by atoms with Gasteiger partial charge in [0.05, 0.1) is 5.69 Å². The average molecular weight is 395 g/mol.